The summed E-state index contributed by atoms with van der Waals surface area (Å²) in [5.74, 6) is 0.355. The second kappa shape index (κ2) is 15.2. The lowest BCUT2D eigenvalue weighted by Gasteiger charge is -2.17. The van der Waals surface area contributed by atoms with E-state index in [1.165, 1.54) is 19.1 Å². The van der Waals surface area contributed by atoms with Crippen molar-refractivity contribution in [3.8, 4) is 0 Å². The number of benzene rings is 2. The van der Waals surface area contributed by atoms with E-state index in [0.29, 0.717) is 18.4 Å². The van der Waals surface area contributed by atoms with Gasteiger partial charge in [-0.3, -0.25) is 14.4 Å². The van der Waals surface area contributed by atoms with Crippen molar-refractivity contribution in [3.63, 3.8) is 0 Å². The highest BCUT2D eigenvalue weighted by Gasteiger charge is 2.17. The van der Waals surface area contributed by atoms with Gasteiger partial charge in [0.2, 0.25) is 0 Å². The van der Waals surface area contributed by atoms with E-state index in [4.69, 9.17) is 4.74 Å². The van der Waals surface area contributed by atoms with Crippen LogP contribution in [0.5, 0.6) is 0 Å². The maximum Gasteiger partial charge on any atom is 0.305 e. The molecule has 178 valence electrons. The van der Waals surface area contributed by atoms with Gasteiger partial charge in [0.05, 0.1) is 20.6 Å². The second-order valence-corrected chi connectivity index (χ2v) is 10.4. The van der Waals surface area contributed by atoms with E-state index in [1.54, 1.807) is 23.9 Å². The highest BCUT2D eigenvalue weighted by Crippen LogP contribution is 2.39. The Morgan fingerprint density at radius 3 is 2.06 bits per heavy atom. The molecule has 0 N–H and O–H groups in total. The van der Waals surface area contributed by atoms with E-state index in [1.807, 2.05) is 23.9 Å². The van der Waals surface area contributed by atoms with Crippen molar-refractivity contribution in [1.82, 2.24) is 0 Å². The molecule has 1 unspecified atom stereocenters. The molecule has 0 saturated heterocycles. The van der Waals surface area contributed by atoms with Gasteiger partial charge in [-0.2, -0.15) is 0 Å². The molecule has 0 amide bonds. The molecule has 0 heterocycles. The third kappa shape index (κ3) is 9.94. The number of ether oxygens (including phenoxy) is 2. The molecule has 8 heteroatoms. The normalized spacial score (nSPS) is 11.6. The van der Waals surface area contributed by atoms with E-state index in [-0.39, 0.29) is 29.8 Å². The maximum absolute atomic E-state index is 12.3. The zero-order valence-electron chi connectivity index (χ0n) is 18.9. The van der Waals surface area contributed by atoms with E-state index in [9.17, 15) is 14.4 Å². The smallest absolute Gasteiger partial charge is 0.305 e. The number of hydrogen-bond acceptors (Lipinski definition) is 7. The highest BCUT2D eigenvalue weighted by atomic mass is 79.9. The Kier molecular flexibility index (Phi) is 12.6. The summed E-state index contributed by atoms with van der Waals surface area (Å²) in [4.78, 5) is 37.5. The molecule has 2 aromatic rings. The van der Waals surface area contributed by atoms with Gasteiger partial charge < -0.3 is 9.47 Å². The number of Topliss-reactive ketones (excluding diaryl/α,β-unsaturated/α-hetero) is 1. The minimum absolute atomic E-state index is 0.0752. The van der Waals surface area contributed by atoms with Gasteiger partial charge in [0.15, 0.2) is 5.78 Å². The zero-order valence-corrected chi connectivity index (χ0v) is 22.1. The molecular weight excluding hydrogens is 524 g/mol. The number of alkyl halides is 1. The lowest BCUT2D eigenvalue weighted by atomic mass is 10.1. The van der Waals surface area contributed by atoms with Gasteiger partial charge in [-0.05, 0) is 48.4 Å². The highest BCUT2D eigenvalue weighted by molar-refractivity contribution is 9.09. The minimum Gasteiger partial charge on any atom is -0.469 e. The fourth-order valence-corrected chi connectivity index (χ4v) is 5.67. The fraction of sp³-hybridized carbons (Fsp3) is 0.400. The number of carbonyl (C=O) groups is 3. The molecule has 0 spiro atoms. The van der Waals surface area contributed by atoms with E-state index in [0.717, 1.165) is 28.0 Å². The van der Waals surface area contributed by atoms with Crippen molar-refractivity contribution in [1.29, 1.82) is 0 Å². The third-order valence-corrected chi connectivity index (χ3v) is 7.87. The van der Waals surface area contributed by atoms with Gasteiger partial charge in [-0.1, -0.05) is 40.2 Å². The van der Waals surface area contributed by atoms with Crippen LogP contribution in [0.15, 0.2) is 58.3 Å². The molecule has 0 radical (unpaired) electrons. The van der Waals surface area contributed by atoms with Crippen molar-refractivity contribution in [3.05, 3.63) is 59.7 Å². The maximum atomic E-state index is 12.3. The van der Waals surface area contributed by atoms with Crippen molar-refractivity contribution in [2.24, 2.45) is 0 Å². The molecule has 0 aromatic heterocycles. The number of rotatable bonds is 14. The molecule has 0 fully saturated rings. The number of ketones is 1. The molecule has 2 rings (SSSR count). The van der Waals surface area contributed by atoms with Crippen molar-refractivity contribution < 1.29 is 23.9 Å². The summed E-state index contributed by atoms with van der Waals surface area (Å²) >= 11 is 6.95. The summed E-state index contributed by atoms with van der Waals surface area (Å²) in [6.07, 6.45) is 2.30. The molecule has 0 aliphatic carbocycles. The van der Waals surface area contributed by atoms with E-state index < -0.39 is 5.97 Å². The third-order valence-electron chi connectivity index (χ3n) is 4.88. The standard InChI is InChI=1S/C25H29BrO5S2/c1-30-24(28)14-12-22(27)18-4-10-21(11-5-18)33-23(13-15-25(29)31-2)19-6-8-20(9-7-19)32-17-3-16-26/h4-11,23H,3,12-17H2,1-2H3. The lowest BCUT2D eigenvalue weighted by molar-refractivity contribution is -0.141. The van der Waals surface area contributed by atoms with Crippen LogP contribution < -0.4 is 0 Å². The average Bonchev–Trinajstić information content (AvgIpc) is 2.85. The number of thioether (sulfide) groups is 2. The first-order valence-electron chi connectivity index (χ1n) is 10.7. The van der Waals surface area contributed by atoms with Crippen molar-refractivity contribution >= 4 is 57.2 Å². The summed E-state index contributed by atoms with van der Waals surface area (Å²) in [6.45, 7) is 0. The van der Waals surface area contributed by atoms with Gasteiger partial charge in [0.1, 0.15) is 0 Å². The first kappa shape index (κ1) is 27.5. The van der Waals surface area contributed by atoms with Gasteiger partial charge in [-0.25, -0.2) is 0 Å². The first-order chi connectivity index (χ1) is 16.0. The minimum atomic E-state index is -0.392. The summed E-state index contributed by atoms with van der Waals surface area (Å²) in [7, 11) is 2.71. The molecule has 2 aromatic carbocycles. The van der Waals surface area contributed by atoms with Crippen molar-refractivity contribution in [2.45, 2.75) is 47.1 Å². The molecular formula is C25H29BrO5S2. The van der Waals surface area contributed by atoms with Crippen LogP contribution in [0.1, 0.15) is 53.3 Å². The Hall–Kier alpha value is -1.77. The topological polar surface area (TPSA) is 69.7 Å². The molecule has 5 nitrogen and oxygen atoms in total. The van der Waals surface area contributed by atoms with Crippen LogP contribution in [0.2, 0.25) is 0 Å². The van der Waals surface area contributed by atoms with Gasteiger partial charge >= 0.3 is 11.9 Å². The molecule has 1 atom stereocenters. The lowest BCUT2D eigenvalue weighted by Crippen LogP contribution is -2.06. The van der Waals surface area contributed by atoms with Crippen LogP contribution >= 0.6 is 39.5 Å². The van der Waals surface area contributed by atoms with Crippen LogP contribution in [0.25, 0.3) is 0 Å². The summed E-state index contributed by atoms with van der Waals surface area (Å²) in [5, 5.41) is 1.08. The molecule has 0 bridgehead atoms. The Balaban J connectivity index is 2.07. The fourth-order valence-electron chi connectivity index (χ4n) is 3.01. The number of carbonyl (C=O) groups excluding carboxylic acids is 3. The Labute approximate surface area is 212 Å². The Morgan fingerprint density at radius 1 is 0.848 bits per heavy atom. The molecule has 33 heavy (non-hydrogen) atoms. The van der Waals surface area contributed by atoms with Crippen LogP contribution in [0, 0.1) is 0 Å². The van der Waals surface area contributed by atoms with E-state index >= 15 is 0 Å². The average molecular weight is 554 g/mol. The number of hydrogen-bond donors (Lipinski definition) is 0. The number of halogens is 1. The zero-order chi connectivity index (χ0) is 24.1. The monoisotopic (exact) mass is 552 g/mol. The van der Waals surface area contributed by atoms with Crippen LogP contribution in [-0.4, -0.2) is 43.0 Å². The number of esters is 2. The molecule has 0 aliphatic heterocycles. The Bertz CT molecular complexity index is 900. The quantitative estimate of drug-likeness (QED) is 0.0871. The van der Waals surface area contributed by atoms with Gasteiger partial charge in [0, 0.05) is 38.8 Å². The SMILES string of the molecule is COC(=O)CCC(=O)c1ccc(SC(CCC(=O)OC)c2ccc(SCCCBr)cc2)cc1. The summed E-state index contributed by atoms with van der Waals surface area (Å²) < 4.78 is 9.42. The summed E-state index contributed by atoms with van der Waals surface area (Å²) in [6, 6.07) is 15.9. The largest absolute Gasteiger partial charge is 0.469 e. The summed E-state index contributed by atoms with van der Waals surface area (Å²) in [5.41, 5.74) is 1.71. The molecule has 0 saturated carbocycles. The first-order valence-corrected chi connectivity index (χ1v) is 13.7. The van der Waals surface area contributed by atoms with Crippen molar-refractivity contribution in [2.75, 3.05) is 25.3 Å². The number of methoxy groups -OCH3 is 2. The Morgan fingerprint density at radius 2 is 1.45 bits per heavy atom. The van der Waals surface area contributed by atoms with Crippen LogP contribution in [0.4, 0.5) is 0 Å². The van der Waals surface area contributed by atoms with Crippen LogP contribution in [0.3, 0.4) is 0 Å². The van der Waals surface area contributed by atoms with Gasteiger partial charge in [-0.15, -0.1) is 23.5 Å². The predicted molar refractivity (Wildman–Crippen MR) is 137 cm³/mol. The van der Waals surface area contributed by atoms with Gasteiger partial charge in [0.25, 0.3) is 0 Å². The predicted octanol–water partition coefficient (Wildman–Crippen LogP) is 6.49. The molecule has 0 aliphatic rings. The second-order valence-electron chi connectivity index (χ2n) is 7.21. The van der Waals surface area contributed by atoms with E-state index in [2.05, 4.69) is 44.9 Å². The van der Waals surface area contributed by atoms with Crippen LogP contribution in [-0.2, 0) is 19.1 Å².